The molecule has 0 unspecified atom stereocenters. The fourth-order valence-electron chi connectivity index (χ4n) is 1.34. The number of anilines is 2. The first kappa shape index (κ1) is 10.0. The molecule has 0 saturated carbocycles. The summed E-state index contributed by atoms with van der Waals surface area (Å²) in [5.74, 6) is 1.48. The summed E-state index contributed by atoms with van der Waals surface area (Å²) in [6, 6.07) is 4.20. The highest BCUT2D eigenvalue weighted by atomic mass is 32.1. The minimum absolute atomic E-state index is 0.633. The summed E-state index contributed by atoms with van der Waals surface area (Å²) in [5.41, 5.74) is 6.64. The summed E-state index contributed by atoms with van der Waals surface area (Å²) in [4.78, 5) is 1.38. The minimum atomic E-state index is 0.633. The average Bonchev–Trinajstić information content (AvgIpc) is 2.83. The Morgan fingerprint density at radius 3 is 3.07 bits per heavy atom. The summed E-state index contributed by atoms with van der Waals surface area (Å²) < 4.78 is 0. The summed E-state index contributed by atoms with van der Waals surface area (Å²) >= 11 is 1.77. The molecule has 2 aromatic heterocycles. The van der Waals surface area contributed by atoms with Gasteiger partial charge in [0.25, 0.3) is 0 Å². The Morgan fingerprint density at radius 1 is 1.60 bits per heavy atom. The third-order valence-corrected chi connectivity index (χ3v) is 3.23. The standard InChI is InChI=1S/C10H14N4S/c1-7-9(11)13-14-10(7)12-5-4-8-3-2-6-15-8/h2-3,6H,4-5H2,1H3,(H4,11,12,13,14). The van der Waals surface area contributed by atoms with Crippen molar-refractivity contribution >= 4 is 23.0 Å². The van der Waals surface area contributed by atoms with Crippen molar-refractivity contribution in [3.8, 4) is 0 Å². The zero-order valence-electron chi connectivity index (χ0n) is 8.58. The molecule has 5 heteroatoms. The number of aromatic amines is 1. The van der Waals surface area contributed by atoms with Gasteiger partial charge in [-0.3, -0.25) is 5.10 Å². The van der Waals surface area contributed by atoms with Gasteiger partial charge in [-0.15, -0.1) is 11.3 Å². The first-order valence-corrected chi connectivity index (χ1v) is 5.72. The molecule has 0 bridgehead atoms. The van der Waals surface area contributed by atoms with E-state index in [0.29, 0.717) is 5.82 Å². The van der Waals surface area contributed by atoms with E-state index < -0.39 is 0 Å². The van der Waals surface area contributed by atoms with Crippen LogP contribution in [0.15, 0.2) is 17.5 Å². The summed E-state index contributed by atoms with van der Waals surface area (Å²) in [6.07, 6.45) is 1.02. The summed E-state index contributed by atoms with van der Waals surface area (Å²) in [6.45, 7) is 2.83. The van der Waals surface area contributed by atoms with Gasteiger partial charge in [0.1, 0.15) is 5.82 Å². The number of nitrogens with zero attached hydrogens (tertiary/aromatic N) is 1. The third-order valence-electron chi connectivity index (χ3n) is 2.29. The molecule has 2 aromatic rings. The number of nitrogen functional groups attached to an aromatic ring is 1. The zero-order valence-corrected chi connectivity index (χ0v) is 9.40. The van der Waals surface area contributed by atoms with Gasteiger partial charge in [-0.1, -0.05) is 6.07 Å². The van der Waals surface area contributed by atoms with Crippen LogP contribution in [0.1, 0.15) is 10.4 Å². The Balaban J connectivity index is 1.86. The fourth-order valence-corrected chi connectivity index (χ4v) is 2.05. The maximum Gasteiger partial charge on any atom is 0.152 e. The Kier molecular flexibility index (Phi) is 2.91. The number of nitrogens with one attached hydrogen (secondary N) is 2. The molecule has 0 aliphatic heterocycles. The SMILES string of the molecule is Cc1c(NCCc2cccs2)n[nH]c1N. The van der Waals surface area contributed by atoms with Crippen LogP contribution in [0, 0.1) is 6.92 Å². The van der Waals surface area contributed by atoms with E-state index in [2.05, 4.69) is 33.0 Å². The number of nitrogens with two attached hydrogens (primary N) is 1. The molecule has 0 spiro atoms. The lowest BCUT2D eigenvalue weighted by Crippen LogP contribution is -2.05. The zero-order chi connectivity index (χ0) is 10.7. The van der Waals surface area contributed by atoms with Crippen molar-refractivity contribution in [3.05, 3.63) is 28.0 Å². The molecule has 2 rings (SSSR count). The molecule has 4 N–H and O–H groups in total. The van der Waals surface area contributed by atoms with Crippen LogP contribution in [0.3, 0.4) is 0 Å². The Bertz CT molecular complexity index is 419. The number of thiophene rings is 1. The number of hydrogen-bond acceptors (Lipinski definition) is 4. The quantitative estimate of drug-likeness (QED) is 0.741. The Labute approximate surface area is 92.5 Å². The fraction of sp³-hybridized carbons (Fsp3) is 0.300. The van der Waals surface area contributed by atoms with Gasteiger partial charge in [-0.05, 0) is 24.8 Å². The average molecular weight is 222 g/mol. The normalized spacial score (nSPS) is 10.5. The van der Waals surface area contributed by atoms with Gasteiger partial charge in [0.05, 0.1) is 0 Å². The lowest BCUT2D eigenvalue weighted by atomic mass is 10.3. The molecule has 0 aromatic carbocycles. The first-order chi connectivity index (χ1) is 7.27. The summed E-state index contributed by atoms with van der Waals surface area (Å²) in [5, 5.41) is 12.2. The van der Waals surface area contributed by atoms with Crippen molar-refractivity contribution < 1.29 is 0 Å². The largest absolute Gasteiger partial charge is 0.384 e. The van der Waals surface area contributed by atoms with Crippen LogP contribution in [-0.2, 0) is 6.42 Å². The van der Waals surface area contributed by atoms with E-state index in [9.17, 15) is 0 Å². The first-order valence-electron chi connectivity index (χ1n) is 4.84. The number of H-pyrrole nitrogens is 1. The molecule has 0 radical (unpaired) electrons. The van der Waals surface area contributed by atoms with Crippen molar-refractivity contribution in [1.82, 2.24) is 10.2 Å². The highest BCUT2D eigenvalue weighted by Gasteiger charge is 2.04. The lowest BCUT2D eigenvalue weighted by Gasteiger charge is -2.02. The predicted molar refractivity (Wildman–Crippen MR) is 64.2 cm³/mol. The predicted octanol–water partition coefficient (Wildman–Crippen LogP) is 2.02. The van der Waals surface area contributed by atoms with Crippen LogP contribution in [0.5, 0.6) is 0 Å². The van der Waals surface area contributed by atoms with Gasteiger partial charge in [-0.2, -0.15) is 5.10 Å². The van der Waals surface area contributed by atoms with Crippen LogP contribution in [-0.4, -0.2) is 16.7 Å². The van der Waals surface area contributed by atoms with E-state index >= 15 is 0 Å². The van der Waals surface area contributed by atoms with Crippen molar-refractivity contribution in [2.24, 2.45) is 0 Å². The van der Waals surface area contributed by atoms with Crippen LogP contribution < -0.4 is 11.1 Å². The molecule has 0 atom stereocenters. The highest BCUT2D eigenvalue weighted by Crippen LogP contribution is 2.16. The molecular weight excluding hydrogens is 208 g/mol. The van der Waals surface area contributed by atoms with E-state index in [0.717, 1.165) is 24.3 Å². The van der Waals surface area contributed by atoms with Gasteiger partial charge in [0.2, 0.25) is 0 Å². The van der Waals surface area contributed by atoms with Gasteiger partial charge in [-0.25, -0.2) is 0 Å². The topological polar surface area (TPSA) is 66.7 Å². The molecule has 0 saturated heterocycles. The van der Waals surface area contributed by atoms with E-state index in [1.807, 2.05) is 6.92 Å². The lowest BCUT2D eigenvalue weighted by molar-refractivity contribution is 1.01. The van der Waals surface area contributed by atoms with Crippen LogP contribution in [0.2, 0.25) is 0 Å². The maximum atomic E-state index is 5.65. The van der Waals surface area contributed by atoms with E-state index in [4.69, 9.17) is 5.73 Å². The van der Waals surface area contributed by atoms with E-state index in [-0.39, 0.29) is 0 Å². The number of hydrogen-bond donors (Lipinski definition) is 3. The molecule has 4 nitrogen and oxygen atoms in total. The Hall–Kier alpha value is -1.49. The minimum Gasteiger partial charge on any atom is -0.384 e. The number of rotatable bonds is 4. The van der Waals surface area contributed by atoms with Gasteiger partial charge >= 0.3 is 0 Å². The smallest absolute Gasteiger partial charge is 0.152 e. The van der Waals surface area contributed by atoms with Gasteiger partial charge in [0.15, 0.2) is 5.82 Å². The van der Waals surface area contributed by atoms with E-state index in [1.54, 1.807) is 11.3 Å². The Morgan fingerprint density at radius 2 is 2.47 bits per heavy atom. The van der Waals surface area contributed by atoms with Crippen molar-refractivity contribution in [2.45, 2.75) is 13.3 Å². The second-order valence-corrected chi connectivity index (χ2v) is 4.40. The molecule has 15 heavy (non-hydrogen) atoms. The maximum absolute atomic E-state index is 5.65. The van der Waals surface area contributed by atoms with Crippen LogP contribution >= 0.6 is 11.3 Å². The molecule has 0 aliphatic rings. The summed E-state index contributed by atoms with van der Waals surface area (Å²) in [7, 11) is 0. The van der Waals surface area contributed by atoms with Crippen LogP contribution in [0.25, 0.3) is 0 Å². The molecule has 80 valence electrons. The van der Waals surface area contributed by atoms with Gasteiger partial charge in [0, 0.05) is 17.0 Å². The van der Waals surface area contributed by atoms with E-state index in [1.165, 1.54) is 4.88 Å². The van der Waals surface area contributed by atoms with Crippen LogP contribution in [0.4, 0.5) is 11.6 Å². The van der Waals surface area contributed by atoms with Gasteiger partial charge < -0.3 is 11.1 Å². The second-order valence-electron chi connectivity index (χ2n) is 3.37. The highest BCUT2D eigenvalue weighted by molar-refractivity contribution is 7.09. The molecule has 0 fully saturated rings. The molecule has 0 amide bonds. The third kappa shape index (κ3) is 2.30. The van der Waals surface area contributed by atoms with Crippen molar-refractivity contribution in [2.75, 3.05) is 17.6 Å². The van der Waals surface area contributed by atoms with Crippen molar-refractivity contribution in [1.29, 1.82) is 0 Å². The van der Waals surface area contributed by atoms with Crippen molar-refractivity contribution in [3.63, 3.8) is 0 Å². The monoisotopic (exact) mass is 222 g/mol. The molecule has 2 heterocycles. The molecular formula is C10H14N4S. The number of aromatic nitrogens is 2. The second kappa shape index (κ2) is 4.35. The molecule has 0 aliphatic carbocycles.